The van der Waals surface area contributed by atoms with Gasteiger partial charge in [-0.15, -0.1) is 0 Å². The summed E-state index contributed by atoms with van der Waals surface area (Å²) in [6.07, 6.45) is 8.82. The molecule has 0 bridgehead atoms. The van der Waals surface area contributed by atoms with Crippen LogP contribution in [0.1, 0.15) is 32.9 Å². The van der Waals surface area contributed by atoms with Crippen molar-refractivity contribution in [3.05, 3.63) is 60.4 Å². The normalized spacial score (nSPS) is 18.5. The Morgan fingerprint density at radius 3 is 2.78 bits per heavy atom. The minimum atomic E-state index is -1.50. The quantitative estimate of drug-likeness (QED) is 0.352. The number of hydrogen-bond donors (Lipinski definition) is 2. The van der Waals surface area contributed by atoms with Crippen molar-refractivity contribution in [1.82, 2.24) is 19.5 Å². The van der Waals surface area contributed by atoms with Gasteiger partial charge in [0.1, 0.15) is 35.7 Å². The summed E-state index contributed by atoms with van der Waals surface area (Å²) < 4.78 is 14.3. The molecule has 0 amide bonds. The van der Waals surface area contributed by atoms with Crippen LogP contribution in [-0.4, -0.2) is 48.2 Å². The fourth-order valence-corrected chi connectivity index (χ4v) is 3.77. The molecule has 0 unspecified atom stereocenters. The molecule has 8 nitrogen and oxygen atoms in total. The third kappa shape index (κ3) is 5.34. The lowest BCUT2D eigenvalue weighted by molar-refractivity contribution is -0.127. The molecule has 2 N–H and O–H groups in total. The van der Waals surface area contributed by atoms with Crippen LogP contribution in [0.15, 0.2) is 55.2 Å². The second kappa shape index (κ2) is 9.38. The van der Waals surface area contributed by atoms with Crippen LogP contribution in [0.2, 0.25) is 5.15 Å². The van der Waals surface area contributed by atoms with Gasteiger partial charge in [0.15, 0.2) is 5.79 Å². The average molecular weight is 457 g/mol. The van der Waals surface area contributed by atoms with E-state index in [9.17, 15) is 0 Å². The molecule has 4 aromatic rings. The van der Waals surface area contributed by atoms with Gasteiger partial charge in [-0.3, -0.25) is 4.98 Å². The molecule has 0 saturated carbocycles. The Hall–Kier alpha value is -2.78. The van der Waals surface area contributed by atoms with Crippen molar-refractivity contribution in [2.75, 3.05) is 6.61 Å². The lowest BCUT2D eigenvalue weighted by atomic mass is 10.1. The maximum Gasteiger partial charge on any atom is 0.156 e. The van der Waals surface area contributed by atoms with Crippen molar-refractivity contribution in [3.8, 4) is 5.75 Å². The van der Waals surface area contributed by atoms with Crippen LogP contribution < -0.4 is 4.74 Å². The van der Waals surface area contributed by atoms with Crippen LogP contribution >= 0.6 is 11.6 Å². The van der Waals surface area contributed by atoms with E-state index in [1.165, 1.54) is 20.2 Å². The Morgan fingerprint density at radius 2 is 1.97 bits per heavy atom. The summed E-state index contributed by atoms with van der Waals surface area (Å²) in [5.74, 6) is -0.668. The second-order valence-electron chi connectivity index (χ2n) is 8.07. The molecule has 1 saturated heterocycles. The fourth-order valence-electron chi connectivity index (χ4n) is 3.58. The molecule has 1 aliphatic rings. The summed E-state index contributed by atoms with van der Waals surface area (Å²) in [6.45, 7) is 3.10. The predicted octanol–water partition coefficient (Wildman–Crippen LogP) is 4.10. The monoisotopic (exact) mass is 456 g/mol. The summed E-state index contributed by atoms with van der Waals surface area (Å²) in [5, 5.41) is 19.6. The molecule has 0 aliphatic carbocycles. The minimum absolute atomic E-state index is 0.0247. The number of aromatic nitrogens is 4. The molecule has 168 valence electrons. The molecule has 0 radical (unpaired) electrons. The van der Waals surface area contributed by atoms with E-state index < -0.39 is 5.79 Å². The summed E-state index contributed by atoms with van der Waals surface area (Å²) in [7, 11) is 0. The van der Waals surface area contributed by atoms with E-state index in [0.717, 1.165) is 40.4 Å². The molecule has 32 heavy (non-hydrogen) atoms. The molecule has 1 fully saturated rings. The Morgan fingerprint density at radius 1 is 1.16 bits per heavy atom. The highest BCUT2D eigenvalue weighted by atomic mass is 35.5. The van der Waals surface area contributed by atoms with Gasteiger partial charge in [-0.05, 0) is 50.3 Å². The molecule has 1 aliphatic heterocycles. The summed E-state index contributed by atoms with van der Waals surface area (Å²) in [5.41, 5.74) is 0.793. The maximum atomic E-state index is 8.08. The van der Waals surface area contributed by atoms with Crippen molar-refractivity contribution < 1.29 is 19.7 Å². The van der Waals surface area contributed by atoms with Gasteiger partial charge in [0.05, 0.1) is 11.5 Å². The Bertz CT molecular complexity index is 1200. The van der Waals surface area contributed by atoms with E-state index in [2.05, 4.69) is 21.0 Å². The summed E-state index contributed by atoms with van der Waals surface area (Å²) in [4.78, 5) is 12.6. The highest BCUT2D eigenvalue weighted by Gasteiger charge is 2.28. The van der Waals surface area contributed by atoms with Crippen molar-refractivity contribution in [1.29, 1.82) is 0 Å². The van der Waals surface area contributed by atoms with E-state index in [4.69, 9.17) is 31.3 Å². The topological polar surface area (TPSA) is 103 Å². The van der Waals surface area contributed by atoms with Crippen molar-refractivity contribution in [2.24, 2.45) is 0 Å². The minimum Gasteiger partial charge on any atom is -0.490 e. The Labute approximate surface area is 190 Å². The zero-order valence-electron chi connectivity index (χ0n) is 17.8. The van der Waals surface area contributed by atoms with Gasteiger partial charge in [-0.25, -0.2) is 9.97 Å². The number of nitrogens with zero attached hydrogens (tertiary/aromatic N) is 4. The van der Waals surface area contributed by atoms with Crippen LogP contribution in [0.4, 0.5) is 0 Å². The molecule has 9 heteroatoms. The molecule has 1 aromatic carbocycles. The largest absolute Gasteiger partial charge is 0.490 e. The van der Waals surface area contributed by atoms with E-state index in [1.807, 2.05) is 41.2 Å². The first kappa shape index (κ1) is 22.4. The number of pyridine rings is 1. The van der Waals surface area contributed by atoms with Crippen LogP contribution in [0, 0.1) is 0 Å². The molecule has 4 heterocycles. The van der Waals surface area contributed by atoms with E-state index in [0.29, 0.717) is 11.8 Å². The predicted molar refractivity (Wildman–Crippen MR) is 121 cm³/mol. The number of halogens is 1. The highest BCUT2D eigenvalue weighted by molar-refractivity contribution is 6.33. The molecular weight excluding hydrogens is 432 g/mol. The van der Waals surface area contributed by atoms with Crippen LogP contribution in [-0.2, 0) is 4.74 Å². The third-order valence-corrected chi connectivity index (χ3v) is 5.23. The first-order valence-electron chi connectivity index (χ1n) is 10.3. The number of rotatable bonds is 4. The van der Waals surface area contributed by atoms with Gasteiger partial charge in [0.2, 0.25) is 0 Å². The molecule has 0 spiro atoms. The zero-order chi connectivity index (χ0) is 22.7. The van der Waals surface area contributed by atoms with Gasteiger partial charge in [0.25, 0.3) is 0 Å². The van der Waals surface area contributed by atoms with Crippen molar-refractivity contribution in [2.45, 2.75) is 44.8 Å². The maximum absolute atomic E-state index is 8.08. The molecule has 3 aromatic heterocycles. The van der Waals surface area contributed by atoms with E-state index in [-0.39, 0.29) is 12.3 Å². The third-order valence-electron chi connectivity index (χ3n) is 4.92. The Balaban J connectivity index is 0.000000444. The SMILES string of the molecule is CC(C)(O)O.Clc1ncnc2c1ccn2[C@H]1CC[C@@H](COc2cccc3ccncc23)O1. The van der Waals surface area contributed by atoms with Crippen molar-refractivity contribution >= 4 is 33.4 Å². The van der Waals surface area contributed by atoms with E-state index >= 15 is 0 Å². The standard InChI is InChI=1S/C20H17ClN4O2.C3H8O2/c21-19-15-7-9-25(20(15)24-12-23-19)18-5-4-14(27-18)11-26-17-3-1-2-13-6-8-22-10-16(13)17;1-3(2,4)5/h1-3,6-10,12,14,18H,4-5,11H2;4-5H,1-2H3/t14-,18+;/m0./s1. The number of aliphatic hydroxyl groups is 2. The zero-order valence-corrected chi connectivity index (χ0v) is 18.6. The van der Waals surface area contributed by atoms with Crippen LogP contribution in [0.25, 0.3) is 21.8 Å². The van der Waals surface area contributed by atoms with Crippen LogP contribution in [0.5, 0.6) is 5.75 Å². The summed E-state index contributed by atoms with van der Waals surface area (Å²) in [6, 6.07) is 9.92. The second-order valence-corrected chi connectivity index (χ2v) is 8.43. The average Bonchev–Trinajstić information content (AvgIpc) is 3.38. The number of fused-ring (bicyclic) bond motifs is 2. The lowest BCUT2D eigenvalue weighted by Crippen LogP contribution is -2.18. The number of benzene rings is 1. The van der Waals surface area contributed by atoms with E-state index in [1.54, 1.807) is 6.20 Å². The summed E-state index contributed by atoms with van der Waals surface area (Å²) >= 11 is 6.14. The highest BCUT2D eigenvalue weighted by Crippen LogP contribution is 2.33. The van der Waals surface area contributed by atoms with Gasteiger partial charge in [-0.1, -0.05) is 23.7 Å². The van der Waals surface area contributed by atoms with Crippen LogP contribution in [0.3, 0.4) is 0 Å². The molecule has 2 atom stereocenters. The van der Waals surface area contributed by atoms with Crippen molar-refractivity contribution in [3.63, 3.8) is 0 Å². The first-order chi connectivity index (χ1) is 15.3. The molecular formula is C23H25ClN4O4. The van der Waals surface area contributed by atoms with Gasteiger partial charge < -0.3 is 24.3 Å². The lowest BCUT2D eigenvalue weighted by Gasteiger charge is -2.17. The van der Waals surface area contributed by atoms with Gasteiger partial charge in [0, 0.05) is 24.0 Å². The molecule has 5 rings (SSSR count). The number of ether oxygens (including phenoxy) is 2. The fraction of sp³-hybridized carbons (Fsp3) is 0.348. The number of hydrogen-bond acceptors (Lipinski definition) is 7. The van der Waals surface area contributed by atoms with Gasteiger partial charge in [-0.2, -0.15) is 0 Å². The first-order valence-corrected chi connectivity index (χ1v) is 10.7. The van der Waals surface area contributed by atoms with Gasteiger partial charge >= 0.3 is 0 Å². The smallest absolute Gasteiger partial charge is 0.156 e. The Kier molecular flexibility index (Phi) is 6.57.